The van der Waals surface area contributed by atoms with E-state index in [1.165, 1.54) is 12.1 Å². The van der Waals surface area contributed by atoms with E-state index in [1.807, 2.05) is 0 Å². The lowest BCUT2D eigenvalue weighted by molar-refractivity contribution is -0.148. The van der Waals surface area contributed by atoms with E-state index in [0.29, 0.717) is 24.8 Å². The summed E-state index contributed by atoms with van der Waals surface area (Å²) < 4.78 is 36.5. The molecule has 0 atom stereocenters. The van der Waals surface area contributed by atoms with Crippen molar-refractivity contribution >= 4 is 27.6 Å². The van der Waals surface area contributed by atoms with E-state index in [-0.39, 0.29) is 17.5 Å². The van der Waals surface area contributed by atoms with Crippen molar-refractivity contribution in [2.45, 2.75) is 37.5 Å². The van der Waals surface area contributed by atoms with E-state index < -0.39 is 10.0 Å². The minimum absolute atomic E-state index is 0.0191. The molecule has 0 aliphatic carbocycles. The van der Waals surface area contributed by atoms with Crippen LogP contribution in [0.25, 0.3) is 0 Å². The third-order valence-electron chi connectivity index (χ3n) is 3.16. The van der Waals surface area contributed by atoms with Gasteiger partial charge >= 0.3 is 5.97 Å². The van der Waals surface area contributed by atoms with E-state index in [2.05, 4.69) is 4.72 Å². The van der Waals surface area contributed by atoms with Crippen molar-refractivity contribution in [3.8, 4) is 0 Å². The molecule has 1 rings (SSSR count). The van der Waals surface area contributed by atoms with Crippen LogP contribution in [0.15, 0.2) is 29.2 Å². The van der Waals surface area contributed by atoms with Crippen LogP contribution in [-0.2, 0) is 24.3 Å². The molecule has 136 valence electrons. The highest BCUT2D eigenvalue weighted by Crippen LogP contribution is 2.13. The molecular weight excluding hydrogens is 354 g/mol. The second kappa shape index (κ2) is 11.4. The highest BCUT2D eigenvalue weighted by Gasteiger charge is 2.12. The third-order valence-corrected chi connectivity index (χ3v) is 4.89. The topological polar surface area (TPSA) is 81.7 Å². The Morgan fingerprint density at radius 3 is 2.46 bits per heavy atom. The van der Waals surface area contributed by atoms with Gasteiger partial charge in [0.2, 0.25) is 10.0 Å². The maximum Gasteiger partial charge on any atom is 0.332 e. The molecule has 0 aromatic heterocycles. The number of carbonyl (C=O) groups excluding carboxylic acids is 1. The zero-order valence-electron chi connectivity index (χ0n) is 13.8. The maximum atomic E-state index is 12.0. The number of hydrogen-bond donors (Lipinski definition) is 1. The van der Waals surface area contributed by atoms with Crippen LogP contribution in [-0.4, -0.2) is 40.8 Å². The van der Waals surface area contributed by atoms with Gasteiger partial charge in [-0.2, -0.15) is 0 Å². The molecule has 1 aromatic rings. The number of esters is 1. The second-order valence-corrected chi connectivity index (χ2v) is 7.33. The van der Waals surface area contributed by atoms with Crippen molar-refractivity contribution in [2.24, 2.45) is 0 Å². The van der Waals surface area contributed by atoms with Crippen LogP contribution in [0.2, 0.25) is 5.02 Å². The first-order valence-corrected chi connectivity index (χ1v) is 9.80. The number of carbonyl (C=O) groups is 1. The van der Waals surface area contributed by atoms with E-state index in [0.717, 1.165) is 25.7 Å². The molecule has 0 bridgehead atoms. The van der Waals surface area contributed by atoms with Crippen molar-refractivity contribution < 1.29 is 22.7 Å². The lowest BCUT2D eigenvalue weighted by atomic mass is 10.2. The van der Waals surface area contributed by atoms with Gasteiger partial charge in [-0.3, -0.25) is 0 Å². The van der Waals surface area contributed by atoms with Gasteiger partial charge < -0.3 is 9.47 Å². The highest BCUT2D eigenvalue weighted by molar-refractivity contribution is 7.89. The summed E-state index contributed by atoms with van der Waals surface area (Å²) >= 11 is 5.74. The van der Waals surface area contributed by atoms with Gasteiger partial charge in [0.05, 0.1) is 11.5 Å². The molecule has 0 radical (unpaired) electrons. The molecule has 0 aliphatic rings. The van der Waals surface area contributed by atoms with Gasteiger partial charge in [0, 0.05) is 18.2 Å². The summed E-state index contributed by atoms with van der Waals surface area (Å²) in [6.45, 7) is 2.96. The summed E-state index contributed by atoms with van der Waals surface area (Å²) in [6, 6.07) is 6.05. The first kappa shape index (κ1) is 20.9. The summed E-state index contributed by atoms with van der Waals surface area (Å²) in [6.07, 6.45) is 3.35. The Morgan fingerprint density at radius 1 is 1.12 bits per heavy atom. The largest absolute Gasteiger partial charge is 0.464 e. The van der Waals surface area contributed by atoms with Gasteiger partial charge in [-0.05, 0) is 44.0 Å². The molecule has 0 fully saturated rings. The standard InChI is InChI=1S/C16H24ClNO5S/c1-2-23-16(19)13-22-12-6-4-3-5-11-18-24(20,21)15-9-7-14(17)8-10-15/h7-10,18H,2-6,11-13H2,1H3. The van der Waals surface area contributed by atoms with Crippen LogP contribution in [0, 0.1) is 0 Å². The SMILES string of the molecule is CCOC(=O)COCCCCCCNS(=O)(=O)c1ccc(Cl)cc1. The molecule has 8 heteroatoms. The second-order valence-electron chi connectivity index (χ2n) is 5.12. The van der Waals surface area contributed by atoms with Crippen molar-refractivity contribution in [1.82, 2.24) is 4.72 Å². The van der Waals surface area contributed by atoms with Crippen molar-refractivity contribution in [2.75, 3.05) is 26.4 Å². The zero-order valence-corrected chi connectivity index (χ0v) is 15.4. The van der Waals surface area contributed by atoms with Gasteiger partial charge in [-0.15, -0.1) is 0 Å². The summed E-state index contributed by atoms with van der Waals surface area (Å²) in [5.74, 6) is -0.353. The van der Waals surface area contributed by atoms with Gasteiger partial charge in [-0.1, -0.05) is 24.4 Å². The first-order valence-electron chi connectivity index (χ1n) is 7.94. The van der Waals surface area contributed by atoms with Gasteiger partial charge in [0.15, 0.2) is 0 Å². The predicted molar refractivity (Wildman–Crippen MR) is 92.6 cm³/mol. The molecule has 0 heterocycles. The molecule has 0 saturated heterocycles. The number of sulfonamides is 1. The van der Waals surface area contributed by atoms with Crippen LogP contribution in [0.3, 0.4) is 0 Å². The van der Waals surface area contributed by atoms with Crippen LogP contribution < -0.4 is 4.72 Å². The number of hydrogen-bond acceptors (Lipinski definition) is 5. The molecule has 0 amide bonds. The molecule has 1 aromatic carbocycles. The highest BCUT2D eigenvalue weighted by atomic mass is 35.5. The molecule has 0 saturated carbocycles. The van der Waals surface area contributed by atoms with Crippen molar-refractivity contribution in [3.63, 3.8) is 0 Å². The summed E-state index contributed by atoms with van der Waals surface area (Å²) in [5.41, 5.74) is 0. The Morgan fingerprint density at radius 2 is 1.79 bits per heavy atom. The molecule has 24 heavy (non-hydrogen) atoms. The fourth-order valence-corrected chi connectivity index (χ4v) is 3.14. The lowest BCUT2D eigenvalue weighted by Crippen LogP contribution is -2.24. The third kappa shape index (κ3) is 8.63. The minimum Gasteiger partial charge on any atom is -0.464 e. The molecule has 0 spiro atoms. The maximum absolute atomic E-state index is 12.0. The summed E-state index contributed by atoms with van der Waals surface area (Å²) in [5, 5.41) is 0.499. The molecule has 0 aliphatic heterocycles. The minimum atomic E-state index is -3.48. The Bertz CT molecular complexity index is 589. The monoisotopic (exact) mass is 377 g/mol. The summed E-state index contributed by atoms with van der Waals surface area (Å²) in [7, 11) is -3.48. The lowest BCUT2D eigenvalue weighted by Gasteiger charge is -2.07. The molecule has 0 unspecified atom stereocenters. The van der Waals surface area contributed by atoms with E-state index >= 15 is 0 Å². The number of unbranched alkanes of at least 4 members (excludes halogenated alkanes) is 3. The molecule has 1 N–H and O–H groups in total. The average molecular weight is 378 g/mol. The zero-order chi connectivity index (χ0) is 17.8. The van der Waals surface area contributed by atoms with Crippen LogP contribution in [0.1, 0.15) is 32.6 Å². The van der Waals surface area contributed by atoms with E-state index in [4.69, 9.17) is 21.1 Å². The van der Waals surface area contributed by atoms with Crippen molar-refractivity contribution in [3.05, 3.63) is 29.3 Å². The van der Waals surface area contributed by atoms with Gasteiger partial charge in [0.25, 0.3) is 0 Å². The Labute approximate surface area is 148 Å². The normalized spacial score (nSPS) is 11.4. The quantitative estimate of drug-likeness (QED) is 0.447. The summed E-state index contributed by atoms with van der Waals surface area (Å²) in [4.78, 5) is 11.2. The first-order chi connectivity index (χ1) is 11.5. The van der Waals surface area contributed by atoms with E-state index in [1.54, 1.807) is 19.1 Å². The van der Waals surface area contributed by atoms with Gasteiger partial charge in [0.1, 0.15) is 6.61 Å². The van der Waals surface area contributed by atoms with Crippen LogP contribution in [0.5, 0.6) is 0 Å². The fraction of sp³-hybridized carbons (Fsp3) is 0.562. The average Bonchev–Trinajstić information content (AvgIpc) is 2.54. The van der Waals surface area contributed by atoms with Gasteiger partial charge in [-0.25, -0.2) is 17.9 Å². The predicted octanol–water partition coefficient (Wildman–Crippen LogP) is 2.76. The number of nitrogens with one attached hydrogen (secondary N) is 1. The Kier molecular flexibility index (Phi) is 9.94. The number of benzene rings is 1. The fourth-order valence-electron chi connectivity index (χ4n) is 1.94. The number of ether oxygens (including phenoxy) is 2. The Hall–Kier alpha value is -1.15. The van der Waals surface area contributed by atoms with Crippen molar-refractivity contribution in [1.29, 1.82) is 0 Å². The molecule has 6 nitrogen and oxygen atoms in total. The van der Waals surface area contributed by atoms with Crippen LogP contribution in [0.4, 0.5) is 0 Å². The smallest absolute Gasteiger partial charge is 0.332 e. The number of halogens is 1. The van der Waals surface area contributed by atoms with Crippen LogP contribution >= 0.6 is 11.6 Å². The van der Waals surface area contributed by atoms with E-state index in [9.17, 15) is 13.2 Å². The molecular formula is C16H24ClNO5S. The number of rotatable bonds is 12. The Balaban J connectivity index is 2.07.